The molecular weight excluding hydrogens is 218 g/mol. The van der Waals surface area contributed by atoms with E-state index in [0.29, 0.717) is 19.6 Å². The first-order valence-corrected chi connectivity index (χ1v) is 6.15. The van der Waals surface area contributed by atoms with Crippen LogP contribution in [0.25, 0.3) is 0 Å². The van der Waals surface area contributed by atoms with Crippen molar-refractivity contribution in [3.63, 3.8) is 0 Å². The number of hydrogen-bond donors (Lipinski definition) is 1. The van der Waals surface area contributed by atoms with E-state index in [4.69, 9.17) is 0 Å². The molecule has 0 aliphatic carbocycles. The second-order valence-electron chi connectivity index (χ2n) is 4.22. The summed E-state index contributed by atoms with van der Waals surface area (Å²) in [6.07, 6.45) is 0. The first kappa shape index (κ1) is 15.9. The molecule has 0 heterocycles. The van der Waals surface area contributed by atoms with Gasteiger partial charge in [-0.25, -0.2) is 0 Å². The molecule has 5 nitrogen and oxygen atoms in total. The summed E-state index contributed by atoms with van der Waals surface area (Å²) in [5.74, 6) is -0.100. The van der Waals surface area contributed by atoms with Crippen molar-refractivity contribution in [1.29, 1.82) is 0 Å². The smallest absolute Gasteiger partial charge is 0.242 e. The highest BCUT2D eigenvalue weighted by Gasteiger charge is 2.20. The molecule has 0 aromatic carbocycles. The third kappa shape index (κ3) is 5.17. The third-order valence-electron chi connectivity index (χ3n) is 2.80. The average molecular weight is 243 g/mol. The molecular formula is C12H25N3O2. The molecule has 0 aliphatic heterocycles. The fraction of sp³-hybridized carbons (Fsp3) is 0.833. The molecule has 0 spiro atoms. The minimum atomic E-state index is -0.102. The highest BCUT2D eigenvalue weighted by atomic mass is 16.2. The van der Waals surface area contributed by atoms with Gasteiger partial charge in [0.25, 0.3) is 0 Å². The Kier molecular flexibility index (Phi) is 7.54. The second kappa shape index (κ2) is 8.06. The molecule has 1 atom stereocenters. The molecule has 0 fully saturated rings. The Bertz CT molecular complexity index is 252. The van der Waals surface area contributed by atoms with Crippen molar-refractivity contribution in [2.24, 2.45) is 5.92 Å². The zero-order valence-electron chi connectivity index (χ0n) is 11.6. The summed E-state index contributed by atoms with van der Waals surface area (Å²) in [5, 5.41) is 2.96. The summed E-state index contributed by atoms with van der Waals surface area (Å²) in [6.45, 7) is 7.89. The molecule has 0 bridgehead atoms. The monoisotopic (exact) mass is 243 g/mol. The number of hydrogen-bond acceptors (Lipinski definition) is 3. The Labute approximate surface area is 104 Å². The summed E-state index contributed by atoms with van der Waals surface area (Å²) in [5.41, 5.74) is 0. The van der Waals surface area contributed by atoms with E-state index in [2.05, 4.69) is 5.32 Å². The van der Waals surface area contributed by atoms with Crippen LogP contribution in [0.15, 0.2) is 0 Å². The van der Waals surface area contributed by atoms with Crippen molar-refractivity contribution >= 4 is 11.8 Å². The van der Waals surface area contributed by atoms with Gasteiger partial charge in [0.1, 0.15) is 0 Å². The van der Waals surface area contributed by atoms with E-state index < -0.39 is 0 Å². The maximum Gasteiger partial charge on any atom is 0.242 e. The van der Waals surface area contributed by atoms with Gasteiger partial charge in [-0.1, -0.05) is 6.92 Å². The lowest BCUT2D eigenvalue weighted by Gasteiger charge is -2.25. The zero-order valence-corrected chi connectivity index (χ0v) is 11.6. The molecule has 0 aromatic heterocycles. The lowest BCUT2D eigenvalue weighted by Crippen LogP contribution is -2.43. The number of amides is 2. The first-order valence-electron chi connectivity index (χ1n) is 6.15. The summed E-state index contributed by atoms with van der Waals surface area (Å²) in [6, 6.07) is 0. The minimum absolute atomic E-state index is 0.000133. The van der Waals surface area contributed by atoms with Crippen LogP contribution in [-0.4, -0.2) is 61.9 Å². The zero-order chi connectivity index (χ0) is 13.4. The van der Waals surface area contributed by atoms with Gasteiger partial charge in [0, 0.05) is 32.6 Å². The van der Waals surface area contributed by atoms with E-state index in [1.807, 2.05) is 27.8 Å². The average Bonchev–Trinajstić information content (AvgIpc) is 2.29. The summed E-state index contributed by atoms with van der Waals surface area (Å²) in [4.78, 5) is 26.9. The first-order chi connectivity index (χ1) is 7.97. The maximum atomic E-state index is 11.9. The standard InChI is InChI=1S/C12H25N3O2/c1-6-15(7-2)11(16)9-14(5)12(17)10(3)8-13-4/h10,13H,6-9H2,1-5H3. The molecule has 100 valence electrons. The van der Waals surface area contributed by atoms with Gasteiger partial charge in [-0.15, -0.1) is 0 Å². The van der Waals surface area contributed by atoms with Crippen LogP contribution in [0.3, 0.4) is 0 Å². The maximum absolute atomic E-state index is 11.9. The quantitative estimate of drug-likeness (QED) is 0.693. The predicted octanol–water partition coefficient (Wildman–Crippen LogP) is 0.169. The highest BCUT2D eigenvalue weighted by Crippen LogP contribution is 2.00. The number of likely N-dealkylation sites (N-methyl/N-ethyl adjacent to an activating group) is 2. The van der Waals surface area contributed by atoms with Crippen LogP contribution in [0, 0.1) is 5.92 Å². The van der Waals surface area contributed by atoms with Gasteiger partial charge in [-0.3, -0.25) is 9.59 Å². The van der Waals surface area contributed by atoms with E-state index in [-0.39, 0.29) is 24.3 Å². The molecule has 5 heteroatoms. The van der Waals surface area contributed by atoms with Gasteiger partial charge >= 0.3 is 0 Å². The van der Waals surface area contributed by atoms with Gasteiger partial charge in [0.2, 0.25) is 11.8 Å². The molecule has 0 radical (unpaired) electrons. The van der Waals surface area contributed by atoms with Crippen molar-refractivity contribution in [3.05, 3.63) is 0 Å². The number of nitrogens with zero attached hydrogens (tertiary/aromatic N) is 2. The minimum Gasteiger partial charge on any atom is -0.342 e. The number of carbonyl (C=O) groups excluding carboxylic acids is 2. The van der Waals surface area contributed by atoms with E-state index in [1.54, 1.807) is 11.9 Å². The van der Waals surface area contributed by atoms with Gasteiger partial charge in [0.15, 0.2) is 0 Å². The highest BCUT2D eigenvalue weighted by molar-refractivity contribution is 5.85. The number of carbonyl (C=O) groups is 2. The lowest BCUT2D eigenvalue weighted by molar-refractivity contribution is -0.141. The van der Waals surface area contributed by atoms with Crippen LogP contribution in [0.5, 0.6) is 0 Å². The van der Waals surface area contributed by atoms with E-state index in [1.165, 1.54) is 4.90 Å². The van der Waals surface area contributed by atoms with Crippen LogP contribution in [-0.2, 0) is 9.59 Å². The molecule has 0 saturated heterocycles. The third-order valence-corrected chi connectivity index (χ3v) is 2.80. The Balaban J connectivity index is 4.28. The Morgan fingerprint density at radius 2 is 1.76 bits per heavy atom. The Morgan fingerprint density at radius 1 is 1.24 bits per heavy atom. The fourth-order valence-corrected chi connectivity index (χ4v) is 1.73. The molecule has 17 heavy (non-hydrogen) atoms. The predicted molar refractivity (Wildman–Crippen MR) is 68.7 cm³/mol. The molecule has 0 rings (SSSR count). The Morgan fingerprint density at radius 3 is 2.18 bits per heavy atom. The van der Waals surface area contributed by atoms with Crippen molar-refractivity contribution < 1.29 is 9.59 Å². The van der Waals surface area contributed by atoms with Crippen LogP contribution in [0.1, 0.15) is 20.8 Å². The molecule has 0 aliphatic rings. The molecule has 0 saturated carbocycles. The molecule has 2 amide bonds. The SMILES string of the molecule is CCN(CC)C(=O)CN(C)C(=O)C(C)CNC. The fourth-order valence-electron chi connectivity index (χ4n) is 1.73. The van der Waals surface area contributed by atoms with E-state index >= 15 is 0 Å². The topological polar surface area (TPSA) is 52.7 Å². The van der Waals surface area contributed by atoms with Crippen LogP contribution < -0.4 is 5.32 Å². The van der Waals surface area contributed by atoms with E-state index in [9.17, 15) is 9.59 Å². The van der Waals surface area contributed by atoms with Crippen molar-refractivity contribution in [3.8, 4) is 0 Å². The summed E-state index contributed by atoms with van der Waals surface area (Å²) >= 11 is 0. The summed E-state index contributed by atoms with van der Waals surface area (Å²) < 4.78 is 0. The van der Waals surface area contributed by atoms with Crippen molar-refractivity contribution in [2.45, 2.75) is 20.8 Å². The second-order valence-corrected chi connectivity index (χ2v) is 4.22. The number of rotatable bonds is 7. The molecule has 0 aromatic rings. The molecule has 1 unspecified atom stereocenters. The largest absolute Gasteiger partial charge is 0.342 e. The van der Waals surface area contributed by atoms with Crippen molar-refractivity contribution in [1.82, 2.24) is 15.1 Å². The summed E-state index contributed by atoms with van der Waals surface area (Å²) in [7, 11) is 3.49. The van der Waals surface area contributed by atoms with E-state index in [0.717, 1.165) is 0 Å². The lowest BCUT2D eigenvalue weighted by atomic mass is 10.1. The van der Waals surface area contributed by atoms with Crippen LogP contribution >= 0.6 is 0 Å². The van der Waals surface area contributed by atoms with Crippen LogP contribution in [0.4, 0.5) is 0 Å². The van der Waals surface area contributed by atoms with Crippen molar-refractivity contribution in [2.75, 3.05) is 40.3 Å². The van der Waals surface area contributed by atoms with Gasteiger partial charge < -0.3 is 15.1 Å². The normalized spacial score (nSPS) is 12.1. The van der Waals surface area contributed by atoms with Gasteiger partial charge in [-0.2, -0.15) is 0 Å². The van der Waals surface area contributed by atoms with Gasteiger partial charge in [-0.05, 0) is 20.9 Å². The van der Waals surface area contributed by atoms with Gasteiger partial charge in [0.05, 0.1) is 6.54 Å². The Hall–Kier alpha value is -1.10. The van der Waals surface area contributed by atoms with Crippen LogP contribution in [0.2, 0.25) is 0 Å². The molecule has 1 N–H and O–H groups in total. The number of nitrogens with one attached hydrogen (secondary N) is 1.